The fourth-order valence-electron chi connectivity index (χ4n) is 1.71. The van der Waals surface area contributed by atoms with Gasteiger partial charge in [0.15, 0.2) is 11.5 Å². The number of methoxy groups -OCH3 is 2. The topological polar surface area (TPSA) is 105 Å². The lowest BCUT2D eigenvalue weighted by atomic mass is 10.1. The van der Waals surface area contributed by atoms with Gasteiger partial charge >= 0.3 is 0 Å². The zero-order chi connectivity index (χ0) is 17.6. The summed E-state index contributed by atoms with van der Waals surface area (Å²) in [5, 5.41) is 13.5. The second-order valence-electron chi connectivity index (χ2n) is 4.79. The number of ether oxygens (including phenoxy) is 6. The first-order valence-corrected chi connectivity index (χ1v) is 7.73. The maximum Gasteiger partial charge on any atom is 0.225 e. The van der Waals surface area contributed by atoms with Crippen LogP contribution in [0.1, 0.15) is 0 Å². The molecule has 0 amide bonds. The quantitative estimate of drug-likeness (QED) is 0.321. The highest BCUT2D eigenvalue weighted by Gasteiger charge is 2.21. The second kappa shape index (κ2) is 12.7. The molecule has 0 saturated carbocycles. The third kappa shape index (κ3) is 8.21. The smallest absolute Gasteiger partial charge is 0.225 e. The Morgan fingerprint density at radius 1 is 0.750 bits per heavy atom. The van der Waals surface area contributed by atoms with Crippen LogP contribution in [0.2, 0.25) is 0 Å². The van der Waals surface area contributed by atoms with Crippen molar-refractivity contribution in [1.29, 1.82) is 5.41 Å². The normalized spacial score (nSPS) is 14.4. The van der Waals surface area contributed by atoms with Gasteiger partial charge in [0.1, 0.15) is 18.9 Å². The van der Waals surface area contributed by atoms with Crippen LogP contribution in [0.25, 0.3) is 0 Å². The Hall–Kier alpha value is -1.74. The van der Waals surface area contributed by atoms with Crippen LogP contribution in [0.15, 0.2) is 23.7 Å². The summed E-state index contributed by atoms with van der Waals surface area (Å²) in [6, 6.07) is 0. The van der Waals surface area contributed by atoms with Crippen LogP contribution in [0.4, 0.5) is 0 Å². The molecular formula is C16H27N2O6+. The number of nitrogens with two attached hydrogens (primary N) is 1. The molecule has 0 bridgehead atoms. The van der Waals surface area contributed by atoms with Crippen molar-refractivity contribution >= 4 is 11.4 Å². The maximum atomic E-state index is 7.77. The predicted molar refractivity (Wildman–Crippen MR) is 88.1 cm³/mol. The first-order valence-electron chi connectivity index (χ1n) is 7.73. The van der Waals surface area contributed by atoms with E-state index in [9.17, 15) is 0 Å². The molecule has 8 nitrogen and oxygen atoms in total. The first kappa shape index (κ1) is 20.3. The second-order valence-corrected chi connectivity index (χ2v) is 4.79. The van der Waals surface area contributed by atoms with Crippen LogP contribution in [-0.2, 0) is 28.4 Å². The van der Waals surface area contributed by atoms with Crippen LogP contribution >= 0.6 is 0 Å². The van der Waals surface area contributed by atoms with E-state index in [1.165, 1.54) is 6.08 Å². The van der Waals surface area contributed by atoms with E-state index >= 15 is 0 Å². The van der Waals surface area contributed by atoms with Gasteiger partial charge in [0.25, 0.3) is 0 Å². The highest BCUT2D eigenvalue weighted by atomic mass is 16.6. The highest BCUT2D eigenvalue weighted by molar-refractivity contribution is 6.47. The van der Waals surface area contributed by atoms with Crippen molar-refractivity contribution in [3.05, 3.63) is 23.7 Å². The molecule has 136 valence electrons. The molecular weight excluding hydrogens is 316 g/mol. The molecule has 1 aliphatic rings. The molecule has 0 aliphatic heterocycles. The molecule has 0 atom stereocenters. The third-order valence-corrected chi connectivity index (χ3v) is 2.95. The van der Waals surface area contributed by atoms with Gasteiger partial charge in [-0.25, -0.2) is 0 Å². The van der Waals surface area contributed by atoms with E-state index in [1.54, 1.807) is 20.3 Å². The summed E-state index contributed by atoms with van der Waals surface area (Å²) in [6.45, 7) is 3.62. The molecule has 0 radical (unpaired) electrons. The monoisotopic (exact) mass is 343 g/mol. The van der Waals surface area contributed by atoms with Gasteiger partial charge in [-0.05, 0) is 0 Å². The maximum absolute atomic E-state index is 7.77. The standard InChI is InChI=1S/C16H26N2O6/c1-19-3-5-21-7-9-23-15-11-13(17)14(18)12-16(15)24-10-8-22-6-4-20-2/h11-12,17-18H,3-10H2,1-2H3/p+1. The summed E-state index contributed by atoms with van der Waals surface area (Å²) in [4.78, 5) is 0. The van der Waals surface area contributed by atoms with E-state index in [0.717, 1.165) is 0 Å². The van der Waals surface area contributed by atoms with Crippen LogP contribution in [0.3, 0.4) is 0 Å². The van der Waals surface area contributed by atoms with E-state index in [-0.39, 0.29) is 5.71 Å². The number of hydrogen-bond acceptors (Lipinski definition) is 7. The summed E-state index contributed by atoms with van der Waals surface area (Å²) < 4.78 is 31.7. The van der Waals surface area contributed by atoms with Crippen molar-refractivity contribution in [2.75, 3.05) is 67.1 Å². The van der Waals surface area contributed by atoms with E-state index in [2.05, 4.69) is 0 Å². The van der Waals surface area contributed by atoms with Crippen molar-refractivity contribution in [2.24, 2.45) is 0 Å². The van der Waals surface area contributed by atoms with Crippen molar-refractivity contribution in [2.45, 2.75) is 0 Å². The number of allylic oxidation sites excluding steroid dienone is 2. The molecule has 24 heavy (non-hydrogen) atoms. The predicted octanol–water partition coefficient (Wildman–Crippen LogP) is -0.653. The van der Waals surface area contributed by atoms with Gasteiger partial charge in [-0.1, -0.05) is 0 Å². The molecule has 0 heterocycles. The van der Waals surface area contributed by atoms with E-state index in [4.69, 9.17) is 39.2 Å². The summed E-state index contributed by atoms with van der Waals surface area (Å²) in [5.41, 5.74) is 0.517. The Labute approximate surface area is 142 Å². The lowest BCUT2D eigenvalue weighted by Gasteiger charge is -2.17. The molecule has 0 unspecified atom stereocenters. The van der Waals surface area contributed by atoms with Gasteiger partial charge in [0, 0.05) is 20.3 Å². The van der Waals surface area contributed by atoms with Crippen molar-refractivity contribution in [3.8, 4) is 0 Å². The van der Waals surface area contributed by atoms with Crippen LogP contribution in [-0.4, -0.2) is 78.5 Å². The lowest BCUT2D eigenvalue weighted by molar-refractivity contribution is -0.109. The van der Waals surface area contributed by atoms with E-state index in [0.29, 0.717) is 70.1 Å². The Balaban J connectivity index is 2.36. The molecule has 1 aliphatic carbocycles. The number of hydrogen-bond donors (Lipinski definition) is 2. The van der Waals surface area contributed by atoms with Crippen LogP contribution in [0, 0.1) is 5.41 Å². The van der Waals surface area contributed by atoms with Crippen molar-refractivity contribution in [1.82, 2.24) is 0 Å². The minimum Gasteiger partial charge on any atom is -0.487 e. The molecule has 0 spiro atoms. The molecule has 0 fully saturated rings. The molecule has 0 aromatic heterocycles. The van der Waals surface area contributed by atoms with E-state index in [1.807, 2.05) is 0 Å². The largest absolute Gasteiger partial charge is 0.487 e. The SMILES string of the molecule is COCCOCCOC1=CC(=N)C(=[NH2+])C=C1OCCOCCOC. The van der Waals surface area contributed by atoms with Crippen molar-refractivity contribution in [3.63, 3.8) is 0 Å². The lowest BCUT2D eigenvalue weighted by Crippen LogP contribution is -2.44. The Kier molecular flexibility index (Phi) is 10.7. The summed E-state index contributed by atoms with van der Waals surface area (Å²) in [5.74, 6) is 0.942. The minimum absolute atomic E-state index is 0.189. The first-order chi connectivity index (χ1) is 11.7. The Morgan fingerprint density at radius 2 is 1.21 bits per heavy atom. The molecule has 3 N–H and O–H groups in total. The van der Waals surface area contributed by atoms with Gasteiger partial charge in [-0.15, -0.1) is 0 Å². The molecule has 0 saturated heterocycles. The average molecular weight is 343 g/mol. The fraction of sp³-hybridized carbons (Fsp3) is 0.625. The molecule has 0 aromatic rings. The molecule has 8 heteroatoms. The molecule has 1 rings (SSSR count). The van der Waals surface area contributed by atoms with Crippen LogP contribution in [0.5, 0.6) is 0 Å². The summed E-state index contributed by atoms with van der Waals surface area (Å²) >= 11 is 0. The van der Waals surface area contributed by atoms with Crippen molar-refractivity contribution < 1.29 is 33.8 Å². The van der Waals surface area contributed by atoms with Gasteiger partial charge in [-0.2, -0.15) is 0 Å². The minimum atomic E-state index is 0.189. The zero-order valence-electron chi connectivity index (χ0n) is 14.3. The van der Waals surface area contributed by atoms with Gasteiger partial charge in [0.05, 0.1) is 45.7 Å². The summed E-state index contributed by atoms with van der Waals surface area (Å²) in [6.07, 6.45) is 3.12. The zero-order valence-corrected chi connectivity index (χ0v) is 14.3. The van der Waals surface area contributed by atoms with E-state index < -0.39 is 0 Å². The highest BCUT2D eigenvalue weighted by Crippen LogP contribution is 2.17. The number of rotatable bonds is 14. The van der Waals surface area contributed by atoms with Gasteiger partial charge in [0.2, 0.25) is 5.71 Å². The van der Waals surface area contributed by atoms with Gasteiger partial charge in [-0.3, -0.25) is 10.8 Å². The third-order valence-electron chi connectivity index (χ3n) is 2.95. The van der Waals surface area contributed by atoms with Crippen LogP contribution < -0.4 is 5.41 Å². The average Bonchev–Trinajstić information content (AvgIpc) is 2.57. The van der Waals surface area contributed by atoms with Gasteiger partial charge < -0.3 is 28.4 Å². The Morgan fingerprint density at radius 3 is 1.71 bits per heavy atom. The Bertz CT molecular complexity index is 419. The fourth-order valence-corrected chi connectivity index (χ4v) is 1.71. The number of nitrogens with one attached hydrogen (secondary N) is 1. The molecule has 0 aromatic carbocycles. The summed E-state index contributed by atoms with van der Waals surface area (Å²) in [7, 11) is 3.24.